The van der Waals surface area contributed by atoms with E-state index in [1.54, 1.807) is 26.0 Å². The number of nitro benzene ring substituents is 1. The molecule has 1 rings (SSSR count). The Kier molecular flexibility index (Phi) is 2.84. The summed E-state index contributed by atoms with van der Waals surface area (Å²) in [7, 11) is 0. The van der Waals surface area contributed by atoms with Gasteiger partial charge in [-0.2, -0.15) is 0 Å². The Morgan fingerprint density at radius 2 is 2.23 bits per heavy atom. The number of nitro groups is 1. The molecule has 70 valence electrons. The molecule has 0 aliphatic heterocycles. The molecule has 1 aromatic carbocycles. The molecule has 0 atom stereocenters. The summed E-state index contributed by atoms with van der Waals surface area (Å²) in [6.07, 6.45) is 0. The van der Waals surface area contributed by atoms with Crippen molar-refractivity contribution in [3.05, 3.63) is 33.9 Å². The van der Waals surface area contributed by atoms with E-state index in [4.69, 9.17) is 4.74 Å². The van der Waals surface area contributed by atoms with Gasteiger partial charge in [-0.15, -0.1) is 0 Å². The van der Waals surface area contributed by atoms with Crippen molar-refractivity contribution >= 4 is 5.69 Å². The van der Waals surface area contributed by atoms with Gasteiger partial charge in [0, 0.05) is 6.07 Å². The molecule has 0 amide bonds. The predicted molar refractivity (Wildman–Crippen MR) is 49.0 cm³/mol. The summed E-state index contributed by atoms with van der Waals surface area (Å²) in [6.45, 7) is 4.03. The van der Waals surface area contributed by atoms with E-state index in [9.17, 15) is 10.1 Å². The maximum atomic E-state index is 10.6. The lowest BCUT2D eigenvalue weighted by atomic mass is 10.2. The molecule has 0 saturated carbocycles. The fourth-order valence-corrected chi connectivity index (χ4v) is 1.11. The van der Waals surface area contributed by atoms with E-state index >= 15 is 0 Å². The highest BCUT2D eigenvalue weighted by atomic mass is 16.6. The van der Waals surface area contributed by atoms with Crippen LogP contribution < -0.4 is 4.74 Å². The molecular weight excluding hydrogens is 170 g/mol. The van der Waals surface area contributed by atoms with Crippen LogP contribution in [-0.2, 0) is 0 Å². The van der Waals surface area contributed by atoms with Gasteiger partial charge >= 0.3 is 5.69 Å². The van der Waals surface area contributed by atoms with Gasteiger partial charge in [-0.25, -0.2) is 0 Å². The highest BCUT2D eigenvalue weighted by molar-refractivity contribution is 5.51. The largest absolute Gasteiger partial charge is 0.487 e. The van der Waals surface area contributed by atoms with Crippen molar-refractivity contribution in [2.24, 2.45) is 0 Å². The predicted octanol–water partition coefficient (Wildman–Crippen LogP) is 2.30. The molecule has 13 heavy (non-hydrogen) atoms. The van der Waals surface area contributed by atoms with E-state index in [0.717, 1.165) is 5.56 Å². The Labute approximate surface area is 76.3 Å². The van der Waals surface area contributed by atoms with E-state index in [-0.39, 0.29) is 5.69 Å². The minimum Gasteiger partial charge on any atom is -0.487 e. The first-order valence-electron chi connectivity index (χ1n) is 4.03. The van der Waals surface area contributed by atoms with Crippen LogP contribution in [0.1, 0.15) is 12.5 Å². The zero-order valence-electron chi connectivity index (χ0n) is 7.61. The molecule has 0 heterocycles. The summed E-state index contributed by atoms with van der Waals surface area (Å²) >= 11 is 0. The van der Waals surface area contributed by atoms with Gasteiger partial charge in [-0.3, -0.25) is 10.1 Å². The van der Waals surface area contributed by atoms with Crippen LogP contribution in [0.2, 0.25) is 0 Å². The number of hydrogen-bond acceptors (Lipinski definition) is 3. The van der Waals surface area contributed by atoms with Crippen molar-refractivity contribution < 1.29 is 9.66 Å². The lowest BCUT2D eigenvalue weighted by Gasteiger charge is -2.06. The minimum absolute atomic E-state index is 0.0295. The van der Waals surface area contributed by atoms with Crippen LogP contribution in [0.15, 0.2) is 18.2 Å². The topological polar surface area (TPSA) is 52.4 Å². The van der Waals surface area contributed by atoms with E-state index in [0.29, 0.717) is 12.4 Å². The van der Waals surface area contributed by atoms with Crippen LogP contribution in [0.4, 0.5) is 5.69 Å². The smallest absolute Gasteiger partial charge is 0.311 e. The summed E-state index contributed by atoms with van der Waals surface area (Å²) < 4.78 is 5.19. The van der Waals surface area contributed by atoms with Gasteiger partial charge in [0.2, 0.25) is 0 Å². The average Bonchev–Trinajstić information content (AvgIpc) is 2.08. The third-order valence-electron chi connectivity index (χ3n) is 1.68. The first-order chi connectivity index (χ1) is 6.16. The van der Waals surface area contributed by atoms with E-state index < -0.39 is 4.92 Å². The number of nitrogens with zero attached hydrogens (tertiary/aromatic N) is 1. The van der Waals surface area contributed by atoms with Gasteiger partial charge in [0.25, 0.3) is 0 Å². The van der Waals surface area contributed by atoms with Gasteiger partial charge in [0.05, 0.1) is 11.5 Å². The Hall–Kier alpha value is -1.58. The Morgan fingerprint density at radius 3 is 2.77 bits per heavy atom. The minimum atomic E-state index is -0.433. The summed E-state index contributed by atoms with van der Waals surface area (Å²) in [5.41, 5.74) is 0.818. The molecule has 0 spiro atoms. The van der Waals surface area contributed by atoms with E-state index in [1.165, 1.54) is 6.07 Å². The SMILES string of the molecule is CCOc1c(C)cccc1[N+](=O)[O-]. The molecular formula is C9H11NO3. The highest BCUT2D eigenvalue weighted by Crippen LogP contribution is 2.29. The fraction of sp³-hybridized carbons (Fsp3) is 0.333. The van der Waals surface area contributed by atoms with Crippen LogP contribution in [0.3, 0.4) is 0 Å². The third kappa shape index (κ3) is 1.96. The monoisotopic (exact) mass is 181 g/mol. The second-order valence-electron chi connectivity index (χ2n) is 2.61. The van der Waals surface area contributed by atoms with Crippen LogP contribution in [-0.4, -0.2) is 11.5 Å². The average molecular weight is 181 g/mol. The Bertz CT molecular complexity index is 323. The third-order valence-corrected chi connectivity index (χ3v) is 1.68. The zero-order chi connectivity index (χ0) is 9.84. The molecule has 0 saturated heterocycles. The number of benzene rings is 1. The Morgan fingerprint density at radius 1 is 1.54 bits per heavy atom. The molecule has 4 nitrogen and oxygen atoms in total. The van der Waals surface area contributed by atoms with Crippen molar-refractivity contribution in [3.63, 3.8) is 0 Å². The van der Waals surface area contributed by atoms with Crippen molar-refractivity contribution in [1.29, 1.82) is 0 Å². The van der Waals surface area contributed by atoms with Gasteiger partial charge in [0.1, 0.15) is 0 Å². The van der Waals surface area contributed by atoms with Gasteiger partial charge in [-0.05, 0) is 19.4 Å². The molecule has 0 fully saturated rings. The molecule has 1 aromatic rings. The van der Waals surface area contributed by atoms with E-state index in [2.05, 4.69) is 0 Å². The van der Waals surface area contributed by atoms with Gasteiger partial charge in [0.15, 0.2) is 5.75 Å². The van der Waals surface area contributed by atoms with Crippen LogP contribution >= 0.6 is 0 Å². The summed E-state index contributed by atoms with van der Waals surface area (Å²) in [6, 6.07) is 4.88. The van der Waals surface area contributed by atoms with Crippen LogP contribution in [0.5, 0.6) is 5.75 Å². The lowest BCUT2D eigenvalue weighted by Crippen LogP contribution is -1.99. The molecule has 0 radical (unpaired) electrons. The van der Waals surface area contributed by atoms with Gasteiger partial charge in [-0.1, -0.05) is 12.1 Å². The fourth-order valence-electron chi connectivity index (χ4n) is 1.11. The summed E-state index contributed by atoms with van der Waals surface area (Å²) in [4.78, 5) is 10.1. The second kappa shape index (κ2) is 3.89. The van der Waals surface area contributed by atoms with Crippen molar-refractivity contribution in [3.8, 4) is 5.75 Å². The zero-order valence-corrected chi connectivity index (χ0v) is 7.61. The molecule has 0 aliphatic carbocycles. The summed E-state index contributed by atoms with van der Waals surface area (Å²) in [5, 5.41) is 10.6. The highest BCUT2D eigenvalue weighted by Gasteiger charge is 2.15. The van der Waals surface area contributed by atoms with Crippen LogP contribution in [0.25, 0.3) is 0 Å². The van der Waals surface area contributed by atoms with Crippen LogP contribution in [0, 0.1) is 17.0 Å². The molecule has 0 aliphatic rings. The van der Waals surface area contributed by atoms with Gasteiger partial charge < -0.3 is 4.74 Å². The first-order valence-corrected chi connectivity index (χ1v) is 4.03. The quantitative estimate of drug-likeness (QED) is 0.531. The summed E-state index contributed by atoms with van der Waals surface area (Å²) in [5.74, 6) is 0.370. The number of rotatable bonds is 3. The molecule has 0 aromatic heterocycles. The molecule has 0 unspecified atom stereocenters. The number of ether oxygens (including phenoxy) is 1. The van der Waals surface area contributed by atoms with Crippen molar-refractivity contribution in [1.82, 2.24) is 0 Å². The Balaban J connectivity index is 3.17. The first kappa shape index (κ1) is 9.51. The van der Waals surface area contributed by atoms with Crippen molar-refractivity contribution in [2.45, 2.75) is 13.8 Å². The standard InChI is InChI=1S/C9H11NO3/c1-3-13-9-7(2)5-4-6-8(9)10(11)12/h4-6H,3H2,1-2H3. The number of aryl methyl sites for hydroxylation is 1. The lowest BCUT2D eigenvalue weighted by molar-refractivity contribution is -0.385. The number of hydrogen-bond donors (Lipinski definition) is 0. The maximum absolute atomic E-state index is 10.6. The second-order valence-corrected chi connectivity index (χ2v) is 2.61. The molecule has 0 bridgehead atoms. The molecule has 0 N–H and O–H groups in total. The number of para-hydroxylation sites is 1. The normalized spacial score (nSPS) is 9.69. The van der Waals surface area contributed by atoms with E-state index in [1.807, 2.05) is 0 Å². The molecule has 4 heteroatoms. The van der Waals surface area contributed by atoms with Crippen molar-refractivity contribution in [2.75, 3.05) is 6.61 Å². The maximum Gasteiger partial charge on any atom is 0.311 e.